The van der Waals surface area contributed by atoms with Gasteiger partial charge in [0.2, 0.25) is 0 Å². The van der Waals surface area contributed by atoms with E-state index in [0.29, 0.717) is 5.41 Å². The first kappa shape index (κ1) is 21.1. The molecule has 0 saturated heterocycles. The van der Waals surface area contributed by atoms with Crippen molar-refractivity contribution < 1.29 is 9.47 Å². The van der Waals surface area contributed by atoms with Crippen LogP contribution in [0.2, 0.25) is 0 Å². The maximum atomic E-state index is 5.35. The van der Waals surface area contributed by atoms with Crippen molar-refractivity contribution in [1.82, 2.24) is 20.4 Å². The Kier molecular flexibility index (Phi) is 8.78. The monoisotopic (exact) mass is 364 g/mol. The summed E-state index contributed by atoms with van der Waals surface area (Å²) in [5, 5.41) is 10.8. The van der Waals surface area contributed by atoms with Gasteiger partial charge in [-0.2, -0.15) is 5.10 Å². The molecule has 26 heavy (non-hydrogen) atoms. The molecule has 2 N–H and O–H groups in total. The SMILES string of the molecule is CNCCN(C)Cc1c[nH]nc1C1=CCC(CCOC)(CCOC)CC1. The number of rotatable bonds is 12. The molecule has 0 saturated carbocycles. The number of ether oxygens (including phenoxy) is 2. The van der Waals surface area contributed by atoms with E-state index in [1.54, 1.807) is 14.2 Å². The lowest BCUT2D eigenvalue weighted by atomic mass is 9.70. The topological polar surface area (TPSA) is 62.4 Å². The zero-order chi connectivity index (χ0) is 18.8. The first-order valence-corrected chi connectivity index (χ1v) is 9.67. The van der Waals surface area contributed by atoms with E-state index in [2.05, 4.69) is 33.5 Å². The van der Waals surface area contributed by atoms with Gasteiger partial charge in [0.05, 0.1) is 5.69 Å². The standard InChI is InChI=1S/C20H36N4O2/c1-21-11-12-24(2)16-18-15-22-23-19(18)17-5-7-20(8-6-17,9-13-25-3)10-14-26-4/h5,15,21H,6-14,16H2,1-4H3,(H,22,23). The molecule has 0 radical (unpaired) electrons. The fourth-order valence-electron chi connectivity index (χ4n) is 3.76. The number of methoxy groups -OCH3 is 2. The second-order valence-corrected chi connectivity index (χ2v) is 7.52. The molecule has 0 aliphatic heterocycles. The Balaban J connectivity index is 2.04. The summed E-state index contributed by atoms with van der Waals surface area (Å²) in [7, 11) is 7.72. The first-order chi connectivity index (χ1) is 12.6. The minimum atomic E-state index is 0.301. The second-order valence-electron chi connectivity index (χ2n) is 7.52. The van der Waals surface area contributed by atoms with Crippen molar-refractivity contribution in [2.45, 2.75) is 38.6 Å². The van der Waals surface area contributed by atoms with E-state index in [4.69, 9.17) is 9.47 Å². The Hall–Kier alpha value is -1.21. The normalized spacial score (nSPS) is 16.9. The Morgan fingerprint density at radius 2 is 2.00 bits per heavy atom. The van der Waals surface area contributed by atoms with Crippen molar-refractivity contribution in [1.29, 1.82) is 0 Å². The Bertz CT molecular complexity index is 548. The van der Waals surface area contributed by atoms with E-state index in [0.717, 1.165) is 64.2 Å². The minimum absolute atomic E-state index is 0.301. The number of H-pyrrole nitrogens is 1. The average molecular weight is 365 g/mol. The maximum Gasteiger partial charge on any atom is 0.0922 e. The van der Waals surface area contributed by atoms with Gasteiger partial charge in [0, 0.05) is 58.8 Å². The lowest BCUT2D eigenvalue weighted by Crippen LogP contribution is -2.28. The van der Waals surface area contributed by atoms with Crippen molar-refractivity contribution in [3.05, 3.63) is 23.5 Å². The zero-order valence-corrected chi connectivity index (χ0v) is 16.9. The van der Waals surface area contributed by atoms with Gasteiger partial charge in [-0.3, -0.25) is 5.10 Å². The lowest BCUT2D eigenvalue weighted by Gasteiger charge is -2.36. The number of hydrogen-bond donors (Lipinski definition) is 2. The number of hydrogen-bond acceptors (Lipinski definition) is 5. The molecule has 0 atom stereocenters. The van der Waals surface area contributed by atoms with Gasteiger partial charge in [-0.1, -0.05) is 6.08 Å². The van der Waals surface area contributed by atoms with Gasteiger partial charge < -0.3 is 19.7 Å². The predicted octanol–water partition coefficient (Wildman–Crippen LogP) is 2.69. The van der Waals surface area contributed by atoms with Crippen LogP contribution in [0.15, 0.2) is 12.3 Å². The molecular formula is C20H36N4O2. The largest absolute Gasteiger partial charge is 0.385 e. The molecule has 0 unspecified atom stereocenters. The quantitative estimate of drug-likeness (QED) is 0.597. The van der Waals surface area contributed by atoms with E-state index >= 15 is 0 Å². The molecule has 2 rings (SSSR count). The fraction of sp³-hybridized carbons (Fsp3) is 0.750. The third-order valence-corrected chi connectivity index (χ3v) is 5.59. The highest BCUT2D eigenvalue weighted by Gasteiger charge is 2.32. The molecule has 1 aliphatic carbocycles. The number of aromatic nitrogens is 2. The van der Waals surface area contributed by atoms with Crippen molar-refractivity contribution in [3.8, 4) is 0 Å². The minimum Gasteiger partial charge on any atom is -0.385 e. The Morgan fingerprint density at radius 3 is 2.58 bits per heavy atom. The molecule has 0 fully saturated rings. The molecule has 1 heterocycles. The van der Waals surface area contributed by atoms with Gasteiger partial charge in [-0.15, -0.1) is 0 Å². The van der Waals surface area contributed by atoms with E-state index in [-0.39, 0.29) is 0 Å². The smallest absolute Gasteiger partial charge is 0.0922 e. The van der Waals surface area contributed by atoms with Crippen molar-refractivity contribution in [2.75, 3.05) is 54.6 Å². The summed E-state index contributed by atoms with van der Waals surface area (Å²) in [5.74, 6) is 0. The van der Waals surface area contributed by atoms with E-state index in [9.17, 15) is 0 Å². The highest BCUT2D eigenvalue weighted by atomic mass is 16.5. The van der Waals surface area contributed by atoms with Gasteiger partial charge in [0.15, 0.2) is 0 Å². The van der Waals surface area contributed by atoms with Crippen LogP contribution < -0.4 is 5.32 Å². The molecule has 1 aromatic rings. The van der Waals surface area contributed by atoms with Crippen LogP contribution in [0.25, 0.3) is 5.57 Å². The number of aromatic amines is 1. The first-order valence-electron chi connectivity index (χ1n) is 9.67. The predicted molar refractivity (Wildman–Crippen MR) is 106 cm³/mol. The van der Waals surface area contributed by atoms with Gasteiger partial charge in [-0.25, -0.2) is 0 Å². The van der Waals surface area contributed by atoms with Crippen LogP contribution in [0, 0.1) is 5.41 Å². The summed E-state index contributed by atoms with van der Waals surface area (Å²) >= 11 is 0. The third-order valence-electron chi connectivity index (χ3n) is 5.59. The summed E-state index contributed by atoms with van der Waals surface area (Å²) in [6.45, 7) is 4.57. The number of likely N-dealkylation sites (N-methyl/N-ethyl adjacent to an activating group) is 2. The Morgan fingerprint density at radius 1 is 1.27 bits per heavy atom. The maximum absolute atomic E-state index is 5.35. The molecule has 6 heteroatoms. The molecule has 0 bridgehead atoms. The number of allylic oxidation sites excluding steroid dienone is 2. The van der Waals surface area contributed by atoms with Gasteiger partial charge in [0.1, 0.15) is 0 Å². The number of nitrogens with one attached hydrogen (secondary N) is 2. The molecule has 148 valence electrons. The highest BCUT2D eigenvalue weighted by molar-refractivity contribution is 5.65. The molecule has 1 aliphatic rings. The van der Waals surface area contributed by atoms with Crippen LogP contribution in [0.3, 0.4) is 0 Å². The van der Waals surface area contributed by atoms with E-state index < -0.39 is 0 Å². The van der Waals surface area contributed by atoms with E-state index in [1.165, 1.54) is 17.6 Å². The molecule has 0 amide bonds. The van der Waals surface area contributed by atoms with Crippen LogP contribution in [-0.2, 0) is 16.0 Å². The van der Waals surface area contributed by atoms with E-state index in [1.807, 2.05) is 13.2 Å². The van der Waals surface area contributed by atoms with Crippen LogP contribution in [0.5, 0.6) is 0 Å². The van der Waals surface area contributed by atoms with Crippen molar-refractivity contribution >= 4 is 5.57 Å². The highest BCUT2D eigenvalue weighted by Crippen LogP contribution is 2.44. The lowest BCUT2D eigenvalue weighted by molar-refractivity contribution is 0.0862. The molecule has 0 aromatic carbocycles. The fourth-order valence-corrected chi connectivity index (χ4v) is 3.76. The van der Waals surface area contributed by atoms with Crippen molar-refractivity contribution in [3.63, 3.8) is 0 Å². The van der Waals surface area contributed by atoms with Gasteiger partial charge >= 0.3 is 0 Å². The molecule has 0 spiro atoms. The molecule has 6 nitrogen and oxygen atoms in total. The van der Waals surface area contributed by atoms with Crippen molar-refractivity contribution in [2.24, 2.45) is 5.41 Å². The summed E-state index contributed by atoms with van der Waals surface area (Å²) in [6.07, 6.45) is 9.97. The van der Waals surface area contributed by atoms with Crippen LogP contribution in [0.1, 0.15) is 43.4 Å². The van der Waals surface area contributed by atoms with Crippen LogP contribution >= 0.6 is 0 Å². The van der Waals surface area contributed by atoms with Crippen LogP contribution in [-0.4, -0.2) is 69.7 Å². The van der Waals surface area contributed by atoms with Gasteiger partial charge in [0.25, 0.3) is 0 Å². The molecule has 1 aromatic heterocycles. The Labute approximate surface area is 158 Å². The summed E-state index contributed by atoms with van der Waals surface area (Å²) in [4.78, 5) is 2.33. The third kappa shape index (κ3) is 5.91. The summed E-state index contributed by atoms with van der Waals surface area (Å²) in [6, 6.07) is 0. The number of nitrogens with zero attached hydrogens (tertiary/aromatic N) is 2. The summed E-state index contributed by atoms with van der Waals surface area (Å²) in [5.41, 5.74) is 4.12. The second kappa shape index (κ2) is 10.8. The zero-order valence-electron chi connectivity index (χ0n) is 16.9. The molecular weight excluding hydrogens is 328 g/mol. The van der Waals surface area contributed by atoms with Crippen LogP contribution in [0.4, 0.5) is 0 Å². The average Bonchev–Trinajstić information content (AvgIpc) is 3.11. The van der Waals surface area contributed by atoms with Gasteiger partial charge in [-0.05, 0) is 57.2 Å². The summed E-state index contributed by atoms with van der Waals surface area (Å²) < 4.78 is 10.7.